The maximum atomic E-state index is 11.0. The Kier molecular flexibility index (Phi) is 4.08. The second-order valence-corrected chi connectivity index (χ2v) is 9.28. The SMILES string of the molecule is CC1(C)OB(c2ccc(CC3(O)CC4CCC(C3)N4)cc2)OC1(C)C. The third-order valence-corrected chi connectivity index (χ3v) is 6.63. The van der Waals surface area contributed by atoms with Crippen LogP contribution in [0.4, 0.5) is 0 Å². The van der Waals surface area contributed by atoms with E-state index in [0.717, 1.165) is 24.7 Å². The lowest BCUT2D eigenvalue weighted by Crippen LogP contribution is -2.49. The molecule has 2 atom stereocenters. The topological polar surface area (TPSA) is 50.7 Å². The van der Waals surface area contributed by atoms with E-state index in [2.05, 4.69) is 57.3 Å². The zero-order valence-corrected chi connectivity index (χ0v) is 15.8. The van der Waals surface area contributed by atoms with Gasteiger partial charge in [-0.15, -0.1) is 0 Å². The minimum atomic E-state index is -0.567. The molecular formula is C20H30BNO3. The molecule has 0 saturated carbocycles. The van der Waals surface area contributed by atoms with E-state index < -0.39 is 5.60 Å². The molecule has 4 nitrogen and oxygen atoms in total. The summed E-state index contributed by atoms with van der Waals surface area (Å²) < 4.78 is 12.2. The molecule has 136 valence electrons. The second kappa shape index (κ2) is 5.81. The summed E-state index contributed by atoms with van der Waals surface area (Å²) in [5.41, 5.74) is 1.02. The molecule has 2 N–H and O–H groups in total. The van der Waals surface area contributed by atoms with Gasteiger partial charge in [-0.05, 0) is 64.4 Å². The highest BCUT2D eigenvalue weighted by atomic mass is 16.7. The van der Waals surface area contributed by atoms with E-state index in [9.17, 15) is 5.11 Å². The smallest absolute Gasteiger partial charge is 0.399 e. The van der Waals surface area contributed by atoms with Crippen molar-refractivity contribution in [3.8, 4) is 0 Å². The number of hydrogen-bond acceptors (Lipinski definition) is 4. The van der Waals surface area contributed by atoms with E-state index in [4.69, 9.17) is 9.31 Å². The molecule has 0 aliphatic carbocycles. The Morgan fingerprint density at radius 3 is 2.04 bits per heavy atom. The van der Waals surface area contributed by atoms with Crippen LogP contribution < -0.4 is 10.8 Å². The Morgan fingerprint density at radius 1 is 1.00 bits per heavy atom. The molecular weight excluding hydrogens is 313 g/mol. The zero-order chi connectivity index (χ0) is 17.9. The highest BCUT2D eigenvalue weighted by molar-refractivity contribution is 6.62. The Balaban J connectivity index is 1.44. The Morgan fingerprint density at radius 2 is 1.52 bits per heavy atom. The van der Waals surface area contributed by atoms with E-state index in [1.54, 1.807) is 0 Å². The fraction of sp³-hybridized carbons (Fsp3) is 0.700. The zero-order valence-electron chi connectivity index (χ0n) is 15.8. The van der Waals surface area contributed by atoms with E-state index in [1.807, 2.05) is 0 Å². The van der Waals surface area contributed by atoms with Crippen LogP contribution in [0.2, 0.25) is 0 Å². The molecule has 0 aromatic heterocycles. The van der Waals surface area contributed by atoms with Gasteiger partial charge in [0.2, 0.25) is 0 Å². The van der Waals surface area contributed by atoms with E-state index in [0.29, 0.717) is 12.1 Å². The first kappa shape index (κ1) is 17.5. The van der Waals surface area contributed by atoms with Crippen molar-refractivity contribution in [2.45, 2.75) is 88.7 Å². The van der Waals surface area contributed by atoms with E-state index in [-0.39, 0.29) is 18.3 Å². The molecule has 2 bridgehead atoms. The number of piperidine rings is 1. The molecule has 3 saturated heterocycles. The van der Waals surface area contributed by atoms with Gasteiger partial charge >= 0.3 is 7.12 Å². The fourth-order valence-electron chi connectivity index (χ4n) is 4.52. The van der Waals surface area contributed by atoms with Crippen LogP contribution in [0, 0.1) is 0 Å². The quantitative estimate of drug-likeness (QED) is 0.826. The maximum Gasteiger partial charge on any atom is 0.494 e. The minimum Gasteiger partial charge on any atom is -0.399 e. The Bertz CT molecular complexity index is 615. The van der Waals surface area contributed by atoms with Gasteiger partial charge in [0.15, 0.2) is 0 Å². The molecule has 3 heterocycles. The van der Waals surface area contributed by atoms with Gasteiger partial charge in [-0.3, -0.25) is 0 Å². The van der Waals surface area contributed by atoms with Gasteiger partial charge in [-0.1, -0.05) is 24.3 Å². The number of benzene rings is 1. The lowest BCUT2D eigenvalue weighted by molar-refractivity contribution is -0.00608. The van der Waals surface area contributed by atoms with E-state index in [1.165, 1.54) is 18.4 Å². The summed E-state index contributed by atoms with van der Waals surface area (Å²) in [4.78, 5) is 0. The lowest BCUT2D eigenvalue weighted by Gasteiger charge is -2.37. The highest BCUT2D eigenvalue weighted by Gasteiger charge is 2.51. The van der Waals surface area contributed by atoms with Crippen molar-refractivity contribution in [3.63, 3.8) is 0 Å². The van der Waals surface area contributed by atoms with Crippen LogP contribution in [0.25, 0.3) is 0 Å². The molecule has 3 fully saturated rings. The van der Waals surface area contributed by atoms with Gasteiger partial charge in [0.05, 0.1) is 16.8 Å². The van der Waals surface area contributed by atoms with Crippen LogP contribution in [-0.2, 0) is 15.7 Å². The molecule has 1 aromatic carbocycles. The van der Waals surface area contributed by atoms with E-state index >= 15 is 0 Å². The number of nitrogens with one attached hydrogen (secondary N) is 1. The first-order valence-electron chi connectivity index (χ1n) is 9.59. The molecule has 3 aliphatic heterocycles. The fourth-order valence-corrected chi connectivity index (χ4v) is 4.52. The molecule has 0 radical (unpaired) electrons. The van der Waals surface area contributed by atoms with Gasteiger partial charge in [-0.25, -0.2) is 0 Å². The number of aliphatic hydroxyl groups is 1. The monoisotopic (exact) mass is 343 g/mol. The van der Waals surface area contributed by atoms with Gasteiger partial charge < -0.3 is 19.7 Å². The molecule has 5 heteroatoms. The summed E-state index contributed by atoms with van der Waals surface area (Å²) in [7, 11) is -0.322. The van der Waals surface area contributed by atoms with Crippen LogP contribution in [0.5, 0.6) is 0 Å². The Hall–Kier alpha value is -0.875. The molecule has 4 rings (SSSR count). The second-order valence-electron chi connectivity index (χ2n) is 9.28. The predicted octanol–water partition coefficient (Wildman–Crippen LogP) is 2.17. The number of hydrogen-bond donors (Lipinski definition) is 2. The summed E-state index contributed by atoms with van der Waals surface area (Å²) in [5.74, 6) is 0. The Labute approximate surface area is 151 Å². The summed E-state index contributed by atoms with van der Waals surface area (Å²) in [6.07, 6.45) is 4.86. The van der Waals surface area contributed by atoms with Crippen molar-refractivity contribution in [3.05, 3.63) is 29.8 Å². The average molecular weight is 343 g/mol. The van der Waals surface area contributed by atoms with Gasteiger partial charge in [0.25, 0.3) is 0 Å². The van der Waals surface area contributed by atoms with Crippen molar-refractivity contribution >= 4 is 12.6 Å². The van der Waals surface area contributed by atoms with Crippen molar-refractivity contribution < 1.29 is 14.4 Å². The van der Waals surface area contributed by atoms with Gasteiger partial charge in [0.1, 0.15) is 0 Å². The minimum absolute atomic E-state index is 0.320. The summed E-state index contributed by atoms with van der Waals surface area (Å²) in [5, 5.41) is 14.6. The standard InChI is InChI=1S/C20H30BNO3/c1-18(2)19(3,4)25-21(24-18)15-7-5-14(6-8-15)11-20(23)12-16-9-10-17(13-20)22-16/h5-8,16-17,22-23H,9-13H2,1-4H3. The summed E-state index contributed by atoms with van der Waals surface area (Å²) >= 11 is 0. The average Bonchev–Trinajstić information content (AvgIpc) is 2.96. The van der Waals surface area contributed by atoms with Crippen LogP contribution in [-0.4, -0.2) is 41.1 Å². The van der Waals surface area contributed by atoms with Gasteiger partial charge in [-0.2, -0.15) is 0 Å². The number of fused-ring (bicyclic) bond motifs is 2. The molecule has 3 aliphatic rings. The lowest BCUT2D eigenvalue weighted by atomic mass is 9.77. The predicted molar refractivity (Wildman–Crippen MR) is 100.0 cm³/mol. The van der Waals surface area contributed by atoms with Crippen molar-refractivity contribution in [1.29, 1.82) is 0 Å². The molecule has 0 spiro atoms. The first-order chi connectivity index (χ1) is 11.7. The summed E-state index contributed by atoms with van der Waals surface area (Å²) in [6.45, 7) is 8.29. The van der Waals surface area contributed by atoms with Crippen LogP contribution in [0.15, 0.2) is 24.3 Å². The third-order valence-electron chi connectivity index (χ3n) is 6.63. The van der Waals surface area contributed by atoms with Crippen molar-refractivity contribution in [2.24, 2.45) is 0 Å². The molecule has 0 amide bonds. The van der Waals surface area contributed by atoms with Crippen LogP contribution >= 0.6 is 0 Å². The number of rotatable bonds is 3. The van der Waals surface area contributed by atoms with Gasteiger partial charge in [0, 0.05) is 18.5 Å². The van der Waals surface area contributed by atoms with Crippen LogP contribution in [0.3, 0.4) is 0 Å². The third kappa shape index (κ3) is 3.28. The summed E-state index contributed by atoms with van der Waals surface area (Å²) in [6, 6.07) is 9.37. The van der Waals surface area contributed by atoms with Crippen molar-refractivity contribution in [1.82, 2.24) is 5.32 Å². The normalized spacial score (nSPS) is 36.0. The first-order valence-corrected chi connectivity index (χ1v) is 9.59. The maximum absolute atomic E-state index is 11.0. The highest BCUT2D eigenvalue weighted by Crippen LogP contribution is 2.37. The van der Waals surface area contributed by atoms with Crippen molar-refractivity contribution in [2.75, 3.05) is 0 Å². The molecule has 1 aromatic rings. The molecule has 25 heavy (non-hydrogen) atoms. The largest absolute Gasteiger partial charge is 0.494 e. The van der Waals surface area contributed by atoms with Crippen LogP contribution in [0.1, 0.15) is 58.9 Å². The molecule has 2 unspecified atom stereocenters.